The van der Waals surface area contributed by atoms with E-state index in [1.165, 1.54) is 19.3 Å². The minimum absolute atomic E-state index is 0.223. The number of fused-ring (bicyclic) bond motifs is 1. The monoisotopic (exact) mass is 402 g/mol. The van der Waals surface area contributed by atoms with Gasteiger partial charge >= 0.3 is 0 Å². The second kappa shape index (κ2) is 7.89. The van der Waals surface area contributed by atoms with Crippen LogP contribution in [0.1, 0.15) is 45.0 Å². The number of hydrogen-bond acceptors (Lipinski definition) is 4. The van der Waals surface area contributed by atoms with Gasteiger partial charge in [-0.2, -0.15) is 0 Å². The summed E-state index contributed by atoms with van der Waals surface area (Å²) in [7, 11) is 0. The number of nitrogens with one attached hydrogen (secondary N) is 1. The van der Waals surface area contributed by atoms with Crippen molar-refractivity contribution in [1.82, 2.24) is 19.8 Å². The molecule has 3 heterocycles. The van der Waals surface area contributed by atoms with E-state index < -0.39 is 6.23 Å². The molecule has 3 aliphatic rings. The topological polar surface area (TPSA) is 53.3 Å². The third kappa shape index (κ3) is 3.42. The van der Waals surface area contributed by atoms with Crippen molar-refractivity contribution in [1.29, 1.82) is 0 Å². The van der Waals surface area contributed by atoms with E-state index in [-0.39, 0.29) is 6.04 Å². The van der Waals surface area contributed by atoms with Crippen LogP contribution < -0.4 is 5.32 Å². The summed E-state index contributed by atoms with van der Waals surface area (Å²) in [4.78, 5) is 7.06. The molecule has 30 heavy (non-hydrogen) atoms. The van der Waals surface area contributed by atoms with E-state index in [2.05, 4.69) is 59.5 Å². The van der Waals surface area contributed by atoms with E-state index in [0.717, 1.165) is 35.9 Å². The minimum Gasteiger partial charge on any atom is -0.368 e. The Hall–Kier alpha value is -2.63. The molecule has 1 aliphatic carbocycles. The normalized spacial score (nSPS) is 22.9. The molecular formula is C25H30N4O. The Morgan fingerprint density at radius 2 is 1.97 bits per heavy atom. The molecule has 5 nitrogen and oxygen atoms in total. The lowest BCUT2D eigenvalue weighted by Crippen LogP contribution is -2.54. The number of imidazole rings is 1. The summed E-state index contributed by atoms with van der Waals surface area (Å²) in [5, 5.41) is 14.0. The predicted octanol–water partition coefficient (Wildman–Crippen LogP) is 4.32. The number of benzene rings is 1. The van der Waals surface area contributed by atoms with Crippen LogP contribution in [0.5, 0.6) is 0 Å². The minimum atomic E-state index is -0.742. The molecule has 1 saturated heterocycles. The number of aromatic nitrogens is 2. The van der Waals surface area contributed by atoms with Gasteiger partial charge in [0, 0.05) is 42.5 Å². The fourth-order valence-corrected chi connectivity index (χ4v) is 4.74. The largest absolute Gasteiger partial charge is 0.368 e. The maximum atomic E-state index is 10.7. The lowest BCUT2D eigenvalue weighted by atomic mass is 9.83. The van der Waals surface area contributed by atoms with Gasteiger partial charge < -0.3 is 10.4 Å². The van der Waals surface area contributed by atoms with E-state index >= 15 is 0 Å². The Labute approximate surface area is 178 Å². The molecule has 2 atom stereocenters. The first-order chi connectivity index (χ1) is 14.6. The summed E-state index contributed by atoms with van der Waals surface area (Å²) in [6, 6.07) is 10.4. The number of aliphatic hydroxyl groups is 1. The van der Waals surface area contributed by atoms with Crippen LogP contribution in [0.25, 0.3) is 17.6 Å². The van der Waals surface area contributed by atoms with Gasteiger partial charge in [0.1, 0.15) is 5.82 Å². The molecule has 0 bridgehead atoms. The van der Waals surface area contributed by atoms with Gasteiger partial charge in [0.2, 0.25) is 0 Å². The average Bonchev–Trinajstić information content (AvgIpc) is 3.18. The maximum absolute atomic E-state index is 10.7. The van der Waals surface area contributed by atoms with E-state index in [1.807, 2.05) is 22.8 Å². The van der Waals surface area contributed by atoms with Crippen molar-refractivity contribution in [2.45, 2.75) is 45.4 Å². The molecule has 0 radical (unpaired) electrons. The molecule has 0 saturated carbocycles. The van der Waals surface area contributed by atoms with Crippen LogP contribution in [0.2, 0.25) is 0 Å². The highest BCUT2D eigenvalue weighted by atomic mass is 16.3. The zero-order chi connectivity index (χ0) is 20.7. The summed E-state index contributed by atoms with van der Waals surface area (Å²) >= 11 is 0. The first kappa shape index (κ1) is 19.3. The van der Waals surface area contributed by atoms with Gasteiger partial charge in [-0.1, -0.05) is 60.6 Å². The highest BCUT2D eigenvalue weighted by Gasteiger charge is 2.35. The van der Waals surface area contributed by atoms with Gasteiger partial charge in [0.25, 0.3) is 0 Å². The van der Waals surface area contributed by atoms with Crippen molar-refractivity contribution < 1.29 is 5.11 Å². The third-order valence-electron chi connectivity index (χ3n) is 6.86. The third-order valence-corrected chi connectivity index (χ3v) is 6.86. The van der Waals surface area contributed by atoms with Gasteiger partial charge in [-0.25, -0.2) is 4.98 Å². The van der Waals surface area contributed by atoms with Crippen LogP contribution >= 0.6 is 0 Å². The van der Waals surface area contributed by atoms with Crippen LogP contribution in [0.3, 0.4) is 0 Å². The number of allylic oxidation sites excluding steroid dienone is 3. The molecule has 156 valence electrons. The standard InChI is InChI=1S/C25H30N4O/c1-3-18-9-11-19(12-10-18)21-14-28(15-21)17(2)22-16-29-23(25(30)27-22)13-26-24(29)20-7-5-4-6-8-20/h4-9,11,13,16-17,21,25,27,30H,3,10,12,14-15H2,1-2H3. The van der Waals surface area contributed by atoms with Crippen molar-refractivity contribution in [3.8, 4) is 11.4 Å². The zero-order valence-electron chi connectivity index (χ0n) is 17.8. The Morgan fingerprint density at radius 3 is 2.67 bits per heavy atom. The molecule has 0 spiro atoms. The van der Waals surface area contributed by atoms with E-state index in [4.69, 9.17) is 0 Å². The second-order valence-electron chi connectivity index (χ2n) is 8.62. The summed E-state index contributed by atoms with van der Waals surface area (Å²) in [6.07, 6.45) is 11.4. The SMILES string of the molecule is CCC1=CC=C(C2CN(C(C)C3=Cn4c(cnc4-c4ccccc4)C(O)N3)C2)CC1. The molecule has 2 unspecified atom stereocenters. The van der Waals surface area contributed by atoms with Crippen LogP contribution in [-0.2, 0) is 0 Å². The molecule has 2 aromatic rings. The Bertz CT molecular complexity index is 1010. The number of likely N-dealkylation sites (tertiary alicyclic amines) is 1. The first-order valence-electron chi connectivity index (χ1n) is 11.1. The van der Waals surface area contributed by atoms with E-state index in [9.17, 15) is 5.11 Å². The highest BCUT2D eigenvalue weighted by Crippen LogP contribution is 2.35. The van der Waals surface area contributed by atoms with Crippen molar-refractivity contribution in [3.63, 3.8) is 0 Å². The van der Waals surface area contributed by atoms with E-state index in [0.29, 0.717) is 5.92 Å². The molecule has 1 aromatic carbocycles. The number of rotatable bonds is 5. The Kier molecular flexibility index (Phi) is 5.09. The molecule has 0 amide bonds. The quantitative estimate of drug-likeness (QED) is 0.782. The molecule has 2 aliphatic heterocycles. The Balaban J connectivity index is 1.32. The molecule has 1 aromatic heterocycles. The fraction of sp³-hybridized carbons (Fsp3) is 0.400. The number of aliphatic hydroxyl groups excluding tert-OH is 1. The number of hydrogen-bond donors (Lipinski definition) is 2. The van der Waals surface area contributed by atoms with Crippen LogP contribution in [0, 0.1) is 5.92 Å². The lowest BCUT2D eigenvalue weighted by molar-refractivity contribution is 0.0772. The molecule has 1 fully saturated rings. The maximum Gasteiger partial charge on any atom is 0.167 e. The van der Waals surface area contributed by atoms with Crippen LogP contribution in [-0.4, -0.2) is 38.7 Å². The van der Waals surface area contributed by atoms with Crippen LogP contribution in [0.15, 0.2) is 65.5 Å². The summed E-state index contributed by atoms with van der Waals surface area (Å²) in [5.41, 5.74) is 6.03. The smallest absolute Gasteiger partial charge is 0.167 e. The summed E-state index contributed by atoms with van der Waals surface area (Å²) in [6.45, 7) is 6.63. The van der Waals surface area contributed by atoms with Gasteiger partial charge in [0.15, 0.2) is 6.23 Å². The zero-order valence-corrected chi connectivity index (χ0v) is 17.8. The van der Waals surface area contributed by atoms with E-state index in [1.54, 1.807) is 17.3 Å². The molecular weight excluding hydrogens is 372 g/mol. The second-order valence-corrected chi connectivity index (χ2v) is 8.62. The van der Waals surface area contributed by atoms with Crippen molar-refractivity contribution >= 4 is 6.20 Å². The molecule has 5 heteroatoms. The molecule has 5 rings (SSSR count). The molecule has 2 N–H and O–H groups in total. The van der Waals surface area contributed by atoms with Gasteiger partial charge in [-0.05, 0) is 26.2 Å². The Morgan fingerprint density at radius 1 is 1.17 bits per heavy atom. The first-order valence-corrected chi connectivity index (χ1v) is 11.1. The van der Waals surface area contributed by atoms with Crippen molar-refractivity contribution in [2.24, 2.45) is 5.92 Å². The van der Waals surface area contributed by atoms with Crippen LogP contribution in [0.4, 0.5) is 0 Å². The van der Waals surface area contributed by atoms with Crippen molar-refractivity contribution in [3.05, 3.63) is 71.2 Å². The lowest BCUT2D eigenvalue weighted by Gasteiger charge is -2.46. The summed E-state index contributed by atoms with van der Waals surface area (Å²) in [5.74, 6) is 1.53. The predicted molar refractivity (Wildman–Crippen MR) is 120 cm³/mol. The van der Waals surface area contributed by atoms with Crippen molar-refractivity contribution in [2.75, 3.05) is 13.1 Å². The average molecular weight is 403 g/mol. The van der Waals surface area contributed by atoms with Gasteiger partial charge in [-0.15, -0.1) is 0 Å². The summed E-state index contributed by atoms with van der Waals surface area (Å²) < 4.78 is 2.03. The van der Waals surface area contributed by atoms with Gasteiger partial charge in [0.05, 0.1) is 11.9 Å². The number of nitrogens with zero attached hydrogens (tertiary/aromatic N) is 3. The fourth-order valence-electron chi connectivity index (χ4n) is 4.74. The van der Waals surface area contributed by atoms with Gasteiger partial charge in [-0.3, -0.25) is 9.47 Å². The highest BCUT2D eigenvalue weighted by molar-refractivity contribution is 5.61.